The normalized spacial score (nSPS) is 9.76. The van der Waals surface area contributed by atoms with Crippen LogP contribution < -0.4 is 5.32 Å². The summed E-state index contributed by atoms with van der Waals surface area (Å²) in [7, 11) is 1.96. The highest BCUT2D eigenvalue weighted by Gasteiger charge is 2.01. The molecular formula is C13H18ClN3. The van der Waals surface area contributed by atoms with Gasteiger partial charge >= 0.3 is 0 Å². The van der Waals surface area contributed by atoms with Gasteiger partial charge in [0.05, 0.1) is 17.6 Å². The van der Waals surface area contributed by atoms with Crippen molar-refractivity contribution in [3.05, 3.63) is 47.8 Å². The Labute approximate surface area is 108 Å². The third kappa shape index (κ3) is 3.49. The van der Waals surface area contributed by atoms with Gasteiger partial charge in [0.15, 0.2) is 0 Å². The standard InChI is InChI=1S/C13H17N3.ClH/c1-11-13(10-15-16(11)2)14-9-8-12-6-4-3-5-7-12;/h3-7,10,14H,8-9H2,1-2H3;1H. The van der Waals surface area contributed by atoms with Crippen molar-refractivity contribution in [3.8, 4) is 0 Å². The molecule has 2 rings (SSSR count). The number of benzene rings is 1. The molecule has 1 aromatic heterocycles. The molecule has 0 aliphatic heterocycles. The lowest BCUT2D eigenvalue weighted by Crippen LogP contribution is -2.05. The van der Waals surface area contributed by atoms with E-state index in [0.717, 1.165) is 18.7 Å². The Morgan fingerprint density at radius 2 is 1.94 bits per heavy atom. The predicted molar refractivity (Wildman–Crippen MR) is 73.8 cm³/mol. The van der Waals surface area contributed by atoms with Crippen LogP contribution in [0.5, 0.6) is 0 Å². The first-order valence-electron chi connectivity index (χ1n) is 5.54. The number of aryl methyl sites for hydroxylation is 1. The van der Waals surface area contributed by atoms with E-state index in [1.54, 1.807) is 0 Å². The van der Waals surface area contributed by atoms with Crippen molar-refractivity contribution in [3.63, 3.8) is 0 Å². The van der Waals surface area contributed by atoms with E-state index in [2.05, 4.69) is 41.6 Å². The molecule has 0 fully saturated rings. The summed E-state index contributed by atoms with van der Waals surface area (Å²) in [6.45, 7) is 3.01. The van der Waals surface area contributed by atoms with Gasteiger partial charge in [0, 0.05) is 13.6 Å². The van der Waals surface area contributed by atoms with Gasteiger partial charge in [0.25, 0.3) is 0 Å². The van der Waals surface area contributed by atoms with E-state index in [9.17, 15) is 0 Å². The van der Waals surface area contributed by atoms with Gasteiger partial charge in [-0.25, -0.2) is 0 Å². The van der Waals surface area contributed by atoms with Gasteiger partial charge in [-0.05, 0) is 18.9 Å². The molecule has 0 unspecified atom stereocenters. The van der Waals surface area contributed by atoms with Crippen LogP contribution in [0.2, 0.25) is 0 Å². The molecule has 0 aliphatic rings. The summed E-state index contributed by atoms with van der Waals surface area (Å²) in [6.07, 6.45) is 2.91. The van der Waals surface area contributed by atoms with Crippen molar-refractivity contribution in [1.82, 2.24) is 9.78 Å². The number of hydrogen-bond acceptors (Lipinski definition) is 2. The van der Waals surface area contributed by atoms with E-state index >= 15 is 0 Å². The highest BCUT2D eigenvalue weighted by Crippen LogP contribution is 2.11. The predicted octanol–water partition coefficient (Wildman–Crippen LogP) is 2.80. The van der Waals surface area contributed by atoms with Crippen LogP contribution in [0.25, 0.3) is 0 Å². The van der Waals surface area contributed by atoms with E-state index in [0.29, 0.717) is 0 Å². The minimum atomic E-state index is 0. The fourth-order valence-electron chi connectivity index (χ4n) is 1.66. The second-order valence-corrected chi connectivity index (χ2v) is 3.93. The van der Waals surface area contributed by atoms with Crippen molar-refractivity contribution < 1.29 is 0 Å². The lowest BCUT2D eigenvalue weighted by Gasteiger charge is -2.05. The summed E-state index contributed by atoms with van der Waals surface area (Å²) >= 11 is 0. The zero-order chi connectivity index (χ0) is 11.4. The van der Waals surface area contributed by atoms with Gasteiger partial charge in [-0.1, -0.05) is 30.3 Å². The summed E-state index contributed by atoms with van der Waals surface area (Å²) in [5.74, 6) is 0. The van der Waals surface area contributed by atoms with Gasteiger partial charge in [-0.2, -0.15) is 5.10 Å². The lowest BCUT2D eigenvalue weighted by atomic mass is 10.1. The van der Waals surface area contributed by atoms with Crippen LogP contribution in [0.15, 0.2) is 36.5 Å². The van der Waals surface area contributed by atoms with Crippen molar-refractivity contribution in [2.45, 2.75) is 13.3 Å². The van der Waals surface area contributed by atoms with Crippen LogP contribution in [0.3, 0.4) is 0 Å². The zero-order valence-corrected chi connectivity index (χ0v) is 11.0. The van der Waals surface area contributed by atoms with Gasteiger partial charge in [-0.3, -0.25) is 4.68 Å². The van der Waals surface area contributed by atoms with Gasteiger partial charge in [0.2, 0.25) is 0 Å². The molecule has 4 heteroatoms. The molecule has 1 aromatic carbocycles. The zero-order valence-electron chi connectivity index (χ0n) is 10.2. The first kappa shape index (κ1) is 13.6. The van der Waals surface area contributed by atoms with Crippen LogP contribution in [0.4, 0.5) is 5.69 Å². The maximum absolute atomic E-state index is 4.20. The Hall–Kier alpha value is -1.48. The fourth-order valence-corrected chi connectivity index (χ4v) is 1.66. The van der Waals surface area contributed by atoms with E-state index in [4.69, 9.17) is 0 Å². The summed E-state index contributed by atoms with van der Waals surface area (Å²) in [6, 6.07) is 10.5. The molecule has 2 aromatic rings. The minimum absolute atomic E-state index is 0. The molecule has 1 N–H and O–H groups in total. The SMILES string of the molecule is Cc1c(NCCc2ccccc2)cnn1C.Cl. The van der Waals surface area contributed by atoms with Crippen molar-refractivity contribution in [1.29, 1.82) is 0 Å². The highest BCUT2D eigenvalue weighted by molar-refractivity contribution is 5.85. The highest BCUT2D eigenvalue weighted by atomic mass is 35.5. The Bertz CT molecular complexity index is 451. The Morgan fingerprint density at radius 1 is 1.24 bits per heavy atom. The number of rotatable bonds is 4. The number of hydrogen-bond donors (Lipinski definition) is 1. The number of anilines is 1. The first-order valence-corrected chi connectivity index (χ1v) is 5.54. The molecule has 0 radical (unpaired) electrons. The average Bonchev–Trinajstić information content (AvgIpc) is 2.62. The van der Waals surface area contributed by atoms with Crippen LogP contribution in [0.1, 0.15) is 11.3 Å². The molecule has 92 valence electrons. The molecule has 17 heavy (non-hydrogen) atoms. The molecule has 0 spiro atoms. The Kier molecular flexibility index (Phi) is 5.04. The Balaban J connectivity index is 0.00000144. The third-order valence-corrected chi connectivity index (χ3v) is 2.81. The molecule has 3 nitrogen and oxygen atoms in total. The van der Waals surface area contributed by atoms with Gasteiger partial charge < -0.3 is 5.32 Å². The topological polar surface area (TPSA) is 29.9 Å². The average molecular weight is 252 g/mol. The molecular weight excluding hydrogens is 234 g/mol. The largest absolute Gasteiger partial charge is 0.382 e. The minimum Gasteiger partial charge on any atom is -0.382 e. The van der Waals surface area contributed by atoms with E-state index in [1.165, 1.54) is 11.3 Å². The summed E-state index contributed by atoms with van der Waals surface area (Å²) < 4.78 is 1.88. The summed E-state index contributed by atoms with van der Waals surface area (Å²) in [5.41, 5.74) is 3.66. The van der Waals surface area contributed by atoms with Crippen molar-refractivity contribution >= 4 is 18.1 Å². The lowest BCUT2D eigenvalue weighted by molar-refractivity contribution is 0.740. The van der Waals surface area contributed by atoms with Crippen LogP contribution in [0, 0.1) is 6.92 Å². The first-order chi connectivity index (χ1) is 7.77. The number of aromatic nitrogens is 2. The molecule has 0 aliphatic carbocycles. The molecule has 0 saturated heterocycles. The monoisotopic (exact) mass is 251 g/mol. The third-order valence-electron chi connectivity index (χ3n) is 2.81. The van der Waals surface area contributed by atoms with E-state index < -0.39 is 0 Å². The van der Waals surface area contributed by atoms with E-state index in [1.807, 2.05) is 24.0 Å². The van der Waals surface area contributed by atoms with Crippen LogP contribution in [-0.4, -0.2) is 16.3 Å². The van der Waals surface area contributed by atoms with Gasteiger partial charge in [-0.15, -0.1) is 12.4 Å². The number of nitrogens with zero attached hydrogens (tertiary/aromatic N) is 2. The smallest absolute Gasteiger partial charge is 0.0756 e. The molecule has 0 bridgehead atoms. The fraction of sp³-hybridized carbons (Fsp3) is 0.308. The van der Waals surface area contributed by atoms with Crippen LogP contribution in [-0.2, 0) is 13.5 Å². The molecule has 0 atom stereocenters. The number of nitrogens with one attached hydrogen (secondary N) is 1. The summed E-state index contributed by atoms with van der Waals surface area (Å²) in [5, 5.41) is 7.59. The van der Waals surface area contributed by atoms with Crippen LogP contribution >= 0.6 is 12.4 Å². The quantitative estimate of drug-likeness (QED) is 0.906. The van der Waals surface area contributed by atoms with Crippen molar-refractivity contribution in [2.75, 3.05) is 11.9 Å². The second-order valence-electron chi connectivity index (χ2n) is 3.93. The Morgan fingerprint density at radius 3 is 2.53 bits per heavy atom. The second kappa shape index (κ2) is 6.30. The maximum Gasteiger partial charge on any atom is 0.0756 e. The van der Waals surface area contributed by atoms with Gasteiger partial charge in [0.1, 0.15) is 0 Å². The molecule has 0 amide bonds. The summed E-state index contributed by atoms with van der Waals surface area (Å²) in [4.78, 5) is 0. The maximum atomic E-state index is 4.20. The molecule has 1 heterocycles. The number of halogens is 1. The molecule has 0 saturated carbocycles. The van der Waals surface area contributed by atoms with Crippen molar-refractivity contribution in [2.24, 2.45) is 7.05 Å². The van der Waals surface area contributed by atoms with E-state index in [-0.39, 0.29) is 12.4 Å².